The summed E-state index contributed by atoms with van der Waals surface area (Å²) in [4.78, 5) is 9.95. The van der Waals surface area contributed by atoms with Crippen LogP contribution in [0.4, 0.5) is 0 Å². The number of hydrogen-bond donors (Lipinski definition) is 0. The van der Waals surface area contributed by atoms with Crippen molar-refractivity contribution in [1.82, 2.24) is 25.0 Å². The lowest BCUT2D eigenvalue weighted by molar-refractivity contribution is 0.327. The van der Waals surface area contributed by atoms with Gasteiger partial charge in [0.1, 0.15) is 17.1 Å². The van der Waals surface area contributed by atoms with E-state index in [0.717, 1.165) is 23.2 Å². The summed E-state index contributed by atoms with van der Waals surface area (Å²) in [6.45, 7) is 7.33. The van der Waals surface area contributed by atoms with Crippen molar-refractivity contribution in [2.75, 3.05) is 20.8 Å². The van der Waals surface area contributed by atoms with Gasteiger partial charge in [0.25, 0.3) is 0 Å². The maximum absolute atomic E-state index is 5.95. The summed E-state index contributed by atoms with van der Waals surface area (Å²) in [7, 11) is 3.23. The van der Waals surface area contributed by atoms with Gasteiger partial charge in [-0.1, -0.05) is 49.4 Å². The van der Waals surface area contributed by atoms with Gasteiger partial charge in [0, 0.05) is 5.56 Å². The number of ether oxygens (including phenoxy) is 3. The molecule has 0 radical (unpaired) electrons. The molecule has 0 saturated carbocycles. The van der Waals surface area contributed by atoms with Crippen LogP contribution in [-0.2, 0) is 13.0 Å². The molecule has 0 aliphatic rings. The molecule has 2 aromatic heterocycles. The van der Waals surface area contributed by atoms with Crippen LogP contribution >= 0.6 is 0 Å². The van der Waals surface area contributed by atoms with E-state index < -0.39 is 0 Å². The first kappa shape index (κ1) is 24.2. The van der Waals surface area contributed by atoms with Gasteiger partial charge in [-0.3, -0.25) is 0 Å². The number of benzene rings is 2. The van der Waals surface area contributed by atoms with E-state index in [9.17, 15) is 0 Å². The summed E-state index contributed by atoms with van der Waals surface area (Å²) in [5, 5.41) is 8.76. The van der Waals surface area contributed by atoms with E-state index in [0.29, 0.717) is 53.5 Å². The van der Waals surface area contributed by atoms with Crippen molar-refractivity contribution in [3.8, 4) is 40.0 Å². The largest absolute Gasteiger partial charge is 0.493 e. The van der Waals surface area contributed by atoms with Crippen molar-refractivity contribution in [2.45, 2.75) is 33.7 Å². The average Bonchev–Trinajstić information content (AvgIpc) is 3.32. The first-order chi connectivity index (χ1) is 17.0. The number of methoxy groups -OCH3 is 2. The van der Waals surface area contributed by atoms with E-state index in [1.54, 1.807) is 14.2 Å². The van der Waals surface area contributed by atoms with Crippen molar-refractivity contribution in [3.63, 3.8) is 0 Å². The van der Waals surface area contributed by atoms with Crippen LogP contribution in [0.15, 0.2) is 54.7 Å². The third-order valence-electron chi connectivity index (χ3n) is 5.44. The first-order valence-electron chi connectivity index (χ1n) is 11.7. The molecule has 4 aromatic rings. The minimum absolute atomic E-state index is 0.374. The van der Waals surface area contributed by atoms with E-state index in [-0.39, 0.29) is 0 Å². The summed E-state index contributed by atoms with van der Waals surface area (Å²) in [5.74, 6) is 2.09. The Morgan fingerprint density at radius 2 is 1.69 bits per heavy atom. The Kier molecular flexibility index (Phi) is 7.60. The van der Waals surface area contributed by atoms with Crippen LogP contribution in [0.2, 0.25) is 0 Å². The Morgan fingerprint density at radius 3 is 2.37 bits per heavy atom. The van der Waals surface area contributed by atoms with Gasteiger partial charge in [0.2, 0.25) is 5.88 Å². The highest BCUT2D eigenvalue weighted by molar-refractivity contribution is 5.71. The summed E-state index contributed by atoms with van der Waals surface area (Å²) in [6, 6.07) is 15.8. The zero-order valence-electron chi connectivity index (χ0n) is 20.9. The van der Waals surface area contributed by atoms with Crippen LogP contribution < -0.4 is 14.2 Å². The topological polar surface area (TPSA) is 84.2 Å². The van der Waals surface area contributed by atoms with Crippen molar-refractivity contribution < 1.29 is 14.2 Å². The molecule has 8 heteroatoms. The summed E-state index contributed by atoms with van der Waals surface area (Å²) in [6.07, 6.45) is 2.65. The highest BCUT2D eigenvalue weighted by Crippen LogP contribution is 2.36. The smallest absolute Gasteiger partial charge is 0.241 e. The fourth-order valence-corrected chi connectivity index (χ4v) is 3.85. The molecular weight excluding hydrogens is 442 g/mol. The third kappa shape index (κ3) is 5.59. The van der Waals surface area contributed by atoms with E-state index in [2.05, 4.69) is 36.3 Å². The molecule has 0 aliphatic carbocycles. The molecule has 0 atom stereocenters. The average molecular weight is 474 g/mol. The summed E-state index contributed by atoms with van der Waals surface area (Å²) >= 11 is 0. The normalized spacial score (nSPS) is 11.0. The molecular formula is C27H31N5O3. The van der Waals surface area contributed by atoms with Gasteiger partial charge in [0.05, 0.1) is 39.3 Å². The number of nitrogens with zero attached hydrogens (tertiary/aromatic N) is 5. The van der Waals surface area contributed by atoms with E-state index in [1.807, 2.05) is 54.2 Å². The molecule has 2 aromatic carbocycles. The SMILES string of the molecule is CCOc1nc(-c2cn(Cc3ccccc3)nn2)c(CC(C)C)nc1-c1ccc(OC)c(OC)c1. The maximum atomic E-state index is 5.95. The molecule has 0 saturated heterocycles. The number of rotatable bonds is 10. The van der Waals surface area contributed by atoms with Gasteiger partial charge in [-0.15, -0.1) is 5.10 Å². The molecule has 0 spiro atoms. The van der Waals surface area contributed by atoms with Gasteiger partial charge in [-0.25, -0.2) is 14.6 Å². The molecule has 0 aliphatic heterocycles. The minimum atomic E-state index is 0.374. The fraction of sp³-hybridized carbons (Fsp3) is 0.333. The van der Waals surface area contributed by atoms with Crippen molar-refractivity contribution in [1.29, 1.82) is 0 Å². The van der Waals surface area contributed by atoms with Crippen LogP contribution in [0.1, 0.15) is 32.0 Å². The molecule has 8 nitrogen and oxygen atoms in total. The standard InChI is InChI=1S/C27H31N5O3/c1-6-35-27-25(20-12-13-23(33-4)24(15-20)34-5)28-21(14-18(2)3)26(29-27)22-17-32(31-30-22)16-19-10-8-7-9-11-19/h7-13,15,17-18H,6,14,16H2,1-5H3. The Morgan fingerprint density at radius 1 is 0.914 bits per heavy atom. The molecule has 35 heavy (non-hydrogen) atoms. The van der Waals surface area contributed by atoms with Crippen LogP contribution in [0.5, 0.6) is 17.4 Å². The second kappa shape index (κ2) is 11.0. The Hall–Kier alpha value is -3.94. The second-order valence-electron chi connectivity index (χ2n) is 8.56. The highest BCUT2D eigenvalue weighted by Gasteiger charge is 2.21. The Bertz CT molecular complexity index is 1270. The van der Waals surface area contributed by atoms with Crippen molar-refractivity contribution >= 4 is 0 Å². The van der Waals surface area contributed by atoms with Gasteiger partial charge < -0.3 is 14.2 Å². The highest BCUT2D eigenvalue weighted by atomic mass is 16.5. The van der Waals surface area contributed by atoms with Gasteiger partial charge in [-0.2, -0.15) is 0 Å². The molecule has 0 unspecified atom stereocenters. The summed E-state index contributed by atoms with van der Waals surface area (Å²) < 4.78 is 18.7. The van der Waals surface area contributed by atoms with Crippen LogP contribution in [0, 0.1) is 5.92 Å². The van der Waals surface area contributed by atoms with Gasteiger partial charge in [-0.05, 0) is 43.0 Å². The molecule has 0 fully saturated rings. The molecule has 182 valence electrons. The minimum Gasteiger partial charge on any atom is -0.493 e. The van der Waals surface area contributed by atoms with Gasteiger partial charge >= 0.3 is 0 Å². The van der Waals surface area contributed by atoms with Crippen LogP contribution in [0.25, 0.3) is 22.6 Å². The lowest BCUT2D eigenvalue weighted by Gasteiger charge is -2.16. The molecule has 4 rings (SSSR count). The second-order valence-corrected chi connectivity index (χ2v) is 8.56. The molecule has 0 bridgehead atoms. The quantitative estimate of drug-likeness (QED) is 0.318. The zero-order chi connectivity index (χ0) is 24.8. The number of aromatic nitrogens is 5. The lowest BCUT2D eigenvalue weighted by Crippen LogP contribution is -2.08. The van der Waals surface area contributed by atoms with Gasteiger partial charge in [0.15, 0.2) is 11.5 Å². The van der Waals surface area contributed by atoms with Crippen molar-refractivity contribution in [2.24, 2.45) is 5.92 Å². The van der Waals surface area contributed by atoms with E-state index >= 15 is 0 Å². The Labute approximate surface area is 205 Å². The first-order valence-corrected chi connectivity index (χ1v) is 11.7. The summed E-state index contributed by atoms with van der Waals surface area (Å²) in [5.41, 5.74) is 4.84. The molecule has 2 heterocycles. The predicted octanol–water partition coefficient (Wildman–Crippen LogP) is 5.06. The maximum Gasteiger partial charge on any atom is 0.241 e. The number of hydrogen-bond acceptors (Lipinski definition) is 7. The van der Waals surface area contributed by atoms with E-state index in [4.69, 9.17) is 24.2 Å². The van der Waals surface area contributed by atoms with E-state index in [1.165, 1.54) is 0 Å². The fourth-order valence-electron chi connectivity index (χ4n) is 3.85. The third-order valence-corrected chi connectivity index (χ3v) is 5.44. The zero-order valence-corrected chi connectivity index (χ0v) is 20.9. The van der Waals surface area contributed by atoms with Crippen molar-refractivity contribution in [3.05, 3.63) is 66.0 Å². The monoisotopic (exact) mass is 473 g/mol. The predicted molar refractivity (Wildman–Crippen MR) is 135 cm³/mol. The Balaban J connectivity index is 1.79. The molecule has 0 N–H and O–H groups in total. The van der Waals surface area contributed by atoms with Crippen LogP contribution in [-0.4, -0.2) is 45.8 Å². The van der Waals surface area contributed by atoms with Crippen LogP contribution in [0.3, 0.4) is 0 Å². The lowest BCUT2D eigenvalue weighted by atomic mass is 10.0. The molecule has 0 amide bonds.